The van der Waals surface area contributed by atoms with Crippen molar-refractivity contribution in [3.05, 3.63) is 20.7 Å². The van der Waals surface area contributed by atoms with Crippen LogP contribution in [0, 0.1) is 12.8 Å². The van der Waals surface area contributed by atoms with Crippen molar-refractivity contribution < 1.29 is 14.7 Å². The zero-order valence-electron chi connectivity index (χ0n) is 10.5. The van der Waals surface area contributed by atoms with Gasteiger partial charge in [-0.3, -0.25) is 19.0 Å². The molecule has 0 fully saturated rings. The highest BCUT2D eigenvalue weighted by Gasteiger charge is 2.21. The number of aliphatic carboxylic acids is 1. The van der Waals surface area contributed by atoms with E-state index in [1.165, 1.54) is 11.5 Å². The molecule has 1 aromatic rings. The van der Waals surface area contributed by atoms with Crippen molar-refractivity contribution in [3.63, 3.8) is 0 Å². The zero-order valence-corrected chi connectivity index (χ0v) is 11.3. The molecule has 0 radical (unpaired) electrons. The Bertz CT molecular complexity index is 505. The largest absolute Gasteiger partial charge is 0.481 e. The summed E-state index contributed by atoms with van der Waals surface area (Å²) in [4.78, 5) is 33.7. The molecule has 0 saturated carbocycles. The summed E-state index contributed by atoms with van der Waals surface area (Å²) in [5, 5.41) is 13.1. The minimum Gasteiger partial charge on any atom is -0.481 e. The molecule has 100 valence electrons. The van der Waals surface area contributed by atoms with Gasteiger partial charge in [0.2, 0.25) is 5.91 Å². The first-order valence-corrected chi connectivity index (χ1v) is 6.38. The molecule has 0 saturated heterocycles. The van der Waals surface area contributed by atoms with Gasteiger partial charge < -0.3 is 10.4 Å². The Balaban J connectivity index is 2.63. The average Bonchev–Trinajstić information content (AvgIpc) is 2.59. The lowest BCUT2D eigenvalue weighted by Crippen LogP contribution is -2.42. The van der Waals surface area contributed by atoms with Crippen LogP contribution in [-0.2, 0) is 16.1 Å². The monoisotopic (exact) mass is 272 g/mol. The van der Waals surface area contributed by atoms with Crippen LogP contribution in [0.25, 0.3) is 0 Å². The molecule has 0 aliphatic rings. The van der Waals surface area contributed by atoms with E-state index in [2.05, 4.69) is 5.32 Å². The number of nitrogens with one attached hydrogen (secondary N) is 1. The zero-order chi connectivity index (χ0) is 13.9. The van der Waals surface area contributed by atoms with Crippen LogP contribution in [0.3, 0.4) is 0 Å². The number of nitrogens with zero attached hydrogens (tertiary/aromatic N) is 1. The van der Waals surface area contributed by atoms with Crippen molar-refractivity contribution in [1.82, 2.24) is 9.88 Å². The number of carboxylic acids is 1. The second-order valence-corrected chi connectivity index (χ2v) is 5.03. The van der Waals surface area contributed by atoms with Gasteiger partial charge in [-0.1, -0.05) is 11.3 Å². The molecule has 1 aromatic heterocycles. The van der Waals surface area contributed by atoms with Crippen molar-refractivity contribution in [1.29, 1.82) is 0 Å². The Morgan fingerprint density at radius 1 is 1.50 bits per heavy atom. The van der Waals surface area contributed by atoms with E-state index in [4.69, 9.17) is 5.11 Å². The van der Waals surface area contributed by atoms with Gasteiger partial charge in [0.1, 0.15) is 6.54 Å². The van der Waals surface area contributed by atoms with E-state index in [0.717, 1.165) is 17.0 Å². The molecular weight excluding hydrogens is 256 g/mol. The van der Waals surface area contributed by atoms with Crippen molar-refractivity contribution in [2.24, 2.45) is 5.92 Å². The first-order chi connectivity index (χ1) is 8.32. The topological polar surface area (TPSA) is 88.4 Å². The molecule has 0 spiro atoms. The number of hydrogen-bond donors (Lipinski definition) is 2. The number of carbonyl (C=O) groups is 2. The van der Waals surface area contributed by atoms with E-state index >= 15 is 0 Å². The average molecular weight is 272 g/mol. The van der Waals surface area contributed by atoms with Crippen LogP contribution in [0.4, 0.5) is 0 Å². The summed E-state index contributed by atoms with van der Waals surface area (Å²) in [5.74, 6) is -2.00. The fraction of sp³-hybridized carbons (Fsp3) is 0.545. The normalized spacial score (nSPS) is 13.9. The molecule has 6 nitrogen and oxygen atoms in total. The second kappa shape index (κ2) is 5.81. The van der Waals surface area contributed by atoms with Crippen LogP contribution in [0.5, 0.6) is 0 Å². The predicted octanol–water partition coefficient (Wildman–Crippen LogP) is 0.444. The van der Waals surface area contributed by atoms with E-state index in [1.54, 1.807) is 19.2 Å². The highest BCUT2D eigenvalue weighted by Crippen LogP contribution is 2.03. The van der Waals surface area contributed by atoms with Gasteiger partial charge in [0, 0.05) is 17.1 Å². The number of carboxylic acid groups (broad SMARTS) is 1. The first kappa shape index (κ1) is 14.4. The molecule has 1 heterocycles. The SMILES string of the molecule is Cc1csc(=O)n1CC(=O)NC(C)C(C)C(=O)O. The maximum Gasteiger partial charge on any atom is 0.308 e. The Labute approximate surface area is 108 Å². The quantitative estimate of drug-likeness (QED) is 0.814. The number of hydrogen-bond acceptors (Lipinski definition) is 4. The van der Waals surface area contributed by atoms with Gasteiger partial charge in [0.25, 0.3) is 0 Å². The van der Waals surface area contributed by atoms with Gasteiger partial charge >= 0.3 is 10.8 Å². The summed E-state index contributed by atoms with van der Waals surface area (Å²) in [6.45, 7) is 4.81. The van der Waals surface area contributed by atoms with Crippen LogP contribution in [0.15, 0.2) is 10.2 Å². The molecule has 0 bridgehead atoms. The Hall–Kier alpha value is -1.63. The number of amides is 1. The molecular formula is C11H16N2O4S. The van der Waals surface area contributed by atoms with E-state index in [-0.39, 0.29) is 17.3 Å². The van der Waals surface area contributed by atoms with E-state index < -0.39 is 17.9 Å². The summed E-state index contributed by atoms with van der Waals surface area (Å²) < 4.78 is 1.36. The molecule has 1 rings (SSSR count). The highest BCUT2D eigenvalue weighted by molar-refractivity contribution is 7.07. The molecule has 1 amide bonds. The Morgan fingerprint density at radius 2 is 2.11 bits per heavy atom. The summed E-state index contributed by atoms with van der Waals surface area (Å²) >= 11 is 1.04. The number of rotatable bonds is 5. The third kappa shape index (κ3) is 3.43. The van der Waals surface area contributed by atoms with Crippen LogP contribution >= 0.6 is 11.3 Å². The minimum absolute atomic E-state index is 0.0785. The number of aryl methyl sites for hydroxylation is 1. The summed E-state index contributed by atoms with van der Waals surface area (Å²) in [5.41, 5.74) is 0.721. The summed E-state index contributed by atoms with van der Waals surface area (Å²) in [6.07, 6.45) is 0. The smallest absolute Gasteiger partial charge is 0.308 e. The van der Waals surface area contributed by atoms with Crippen molar-refractivity contribution in [2.75, 3.05) is 0 Å². The van der Waals surface area contributed by atoms with E-state index in [0.29, 0.717) is 0 Å². The van der Waals surface area contributed by atoms with Crippen molar-refractivity contribution >= 4 is 23.2 Å². The fourth-order valence-corrected chi connectivity index (χ4v) is 2.11. The van der Waals surface area contributed by atoms with Gasteiger partial charge in [-0.2, -0.15) is 0 Å². The van der Waals surface area contributed by atoms with Gasteiger partial charge in [0.15, 0.2) is 0 Å². The molecule has 2 unspecified atom stereocenters. The number of aromatic nitrogens is 1. The van der Waals surface area contributed by atoms with Crippen LogP contribution in [-0.4, -0.2) is 27.6 Å². The van der Waals surface area contributed by atoms with E-state index in [9.17, 15) is 14.4 Å². The Morgan fingerprint density at radius 3 is 2.56 bits per heavy atom. The number of thiazole rings is 1. The van der Waals surface area contributed by atoms with Crippen LogP contribution < -0.4 is 10.2 Å². The summed E-state index contributed by atoms with van der Waals surface area (Å²) in [6, 6.07) is -0.482. The molecule has 7 heteroatoms. The van der Waals surface area contributed by atoms with Crippen molar-refractivity contribution in [2.45, 2.75) is 33.4 Å². The molecule has 2 atom stereocenters. The van der Waals surface area contributed by atoms with Gasteiger partial charge in [0.05, 0.1) is 5.92 Å². The minimum atomic E-state index is -0.966. The molecule has 2 N–H and O–H groups in total. The van der Waals surface area contributed by atoms with Gasteiger partial charge in [-0.15, -0.1) is 0 Å². The molecule has 0 aromatic carbocycles. The fourth-order valence-electron chi connectivity index (χ4n) is 1.38. The second-order valence-electron chi connectivity index (χ2n) is 4.21. The van der Waals surface area contributed by atoms with Gasteiger partial charge in [-0.05, 0) is 20.8 Å². The predicted molar refractivity (Wildman–Crippen MR) is 67.7 cm³/mol. The Kier molecular flexibility index (Phi) is 4.66. The lowest BCUT2D eigenvalue weighted by Gasteiger charge is -2.17. The van der Waals surface area contributed by atoms with E-state index in [1.807, 2.05) is 0 Å². The maximum atomic E-state index is 11.7. The number of carbonyl (C=O) groups excluding carboxylic acids is 1. The summed E-state index contributed by atoms with van der Waals surface area (Å²) in [7, 11) is 0. The lowest BCUT2D eigenvalue weighted by molar-refractivity contribution is -0.142. The maximum absolute atomic E-state index is 11.7. The van der Waals surface area contributed by atoms with Crippen LogP contribution in [0.1, 0.15) is 19.5 Å². The third-order valence-electron chi connectivity index (χ3n) is 2.81. The molecule has 18 heavy (non-hydrogen) atoms. The standard InChI is InChI=1S/C11H16N2O4S/c1-6-5-18-11(17)13(6)4-9(14)12-8(3)7(2)10(15)16/h5,7-8H,4H2,1-3H3,(H,12,14)(H,15,16). The van der Waals surface area contributed by atoms with Gasteiger partial charge in [-0.25, -0.2) is 0 Å². The molecule has 0 aliphatic heterocycles. The third-order valence-corrected chi connectivity index (χ3v) is 3.69. The highest BCUT2D eigenvalue weighted by atomic mass is 32.1. The molecule has 0 aliphatic carbocycles. The first-order valence-electron chi connectivity index (χ1n) is 5.50. The van der Waals surface area contributed by atoms with Crippen molar-refractivity contribution in [3.8, 4) is 0 Å². The lowest BCUT2D eigenvalue weighted by atomic mass is 10.0. The van der Waals surface area contributed by atoms with Crippen LogP contribution in [0.2, 0.25) is 0 Å².